The third-order valence-electron chi connectivity index (χ3n) is 3.36. The molecule has 1 aromatic carbocycles. The highest BCUT2D eigenvalue weighted by Gasteiger charge is 2.23. The van der Waals surface area contributed by atoms with Gasteiger partial charge in [0.05, 0.1) is 0 Å². The van der Waals surface area contributed by atoms with Crippen molar-refractivity contribution in [2.45, 2.75) is 32.7 Å². The van der Waals surface area contributed by atoms with E-state index in [0.29, 0.717) is 6.54 Å². The number of carbonyl (C=O) groups is 1. The van der Waals surface area contributed by atoms with Gasteiger partial charge in [-0.15, -0.1) is 0 Å². The van der Waals surface area contributed by atoms with Crippen molar-refractivity contribution in [3.05, 3.63) is 34.9 Å². The Balaban J connectivity index is 2.18. The average molecular weight is 232 g/mol. The molecule has 0 aromatic heterocycles. The minimum Gasteiger partial charge on any atom is -0.337 e. The van der Waals surface area contributed by atoms with Gasteiger partial charge in [-0.1, -0.05) is 17.7 Å². The molecule has 1 amide bonds. The summed E-state index contributed by atoms with van der Waals surface area (Å²) < 4.78 is 0. The molecule has 0 unspecified atom stereocenters. The predicted octanol–water partition coefficient (Wildman–Crippen LogP) is 1.87. The quantitative estimate of drug-likeness (QED) is 0.803. The highest BCUT2D eigenvalue weighted by atomic mass is 16.2. The van der Waals surface area contributed by atoms with Crippen LogP contribution >= 0.6 is 0 Å². The first-order valence-electron chi connectivity index (χ1n) is 6.20. The number of nitrogens with zero attached hydrogens (tertiary/aromatic N) is 1. The summed E-state index contributed by atoms with van der Waals surface area (Å²) in [5.74, 6) is 0.123. The van der Waals surface area contributed by atoms with E-state index >= 15 is 0 Å². The SMILES string of the molecule is Cc1ccc(C(=O)N2CCC[C@H](N)C2)c(C)c1. The molecule has 92 valence electrons. The maximum absolute atomic E-state index is 12.3. The molecule has 0 spiro atoms. The van der Waals surface area contributed by atoms with Gasteiger partial charge in [0.2, 0.25) is 0 Å². The zero-order chi connectivity index (χ0) is 12.4. The first-order chi connectivity index (χ1) is 8.08. The number of rotatable bonds is 1. The summed E-state index contributed by atoms with van der Waals surface area (Å²) in [6.45, 7) is 5.55. The van der Waals surface area contributed by atoms with E-state index in [1.807, 2.05) is 30.9 Å². The monoisotopic (exact) mass is 232 g/mol. The van der Waals surface area contributed by atoms with E-state index in [1.54, 1.807) is 0 Å². The van der Waals surface area contributed by atoms with Crippen LogP contribution < -0.4 is 5.73 Å². The Morgan fingerprint density at radius 1 is 1.41 bits per heavy atom. The van der Waals surface area contributed by atoms with Crippen LogP contribution in [0.3, 0.4) is 0 Å². The molecule has 1 aliphatic rings. The molecule has 3 nitrogen and oxygen atoms in total. The van der Waals surface area contributed by atoms with Crippen LogP contribution in [0.15, 0.2) is 18.2 Å². The van der Waals surface area contributed by atoms with Gasteiger partial charge in [-0.3, -0.25) is 4.79 Å². The topological polar surface area (TPSA) is 46.3 Å². The molecule has 1 heterocycles. The summed E-state index contributed by atoms with van der Waals surface area (Å²) in [6, 6.07) is 6.10. The van der Waals surface area contributed by atoms with Crippen LogP contribution in [0.25, 0.3) is 0 Å². The van der Waals surface area contributed by atoms with Crippen LogP contribution in [-0.2, 0) is 0 Å². The maximum Gasteiger partial charge on any atom is 0.254 e. The van der Waals surface area contributed by atoms with Gasteiger partial charge < -0.3 is 10.6 Å². The lowest BCUT2D eigenvalue weighted by Gasteiger charge is -2.31. The van der Waals surface area contributed by atoms with Crippen molar-refractivity contribution in [2.75, 3.05) is 13.1 Å². The van der Waals surface area contributed by atoms with E-state index in [9.17, 15) is 4.79 Å². The fraction of sp³-hybridized carbons (Fsp3) is 0.500. The molecule has 1 aliphatic heterocycles. The molecule has 1 saturated heterocycles. The van der Waals surface area contributed by atoms with Crippen molar-refractivity contribution < 1.29 is 4.79 Å². The number of hydrogen-bond acceptors (Lipinski definition) is 2. The van der Waals surface area contributed by atoms with Crippen LogP contribution in [0, 0.1) is 13.8 Å². The Labute approximate surface area is 103 Å². The molecule has 17 heavy (non-hydrogen) atoms. The Hall–Kier alpha value is -1.35. The van der Waals surface area contributed by atoms with Crippen molar-refractivity contribution in [1.29, 1.82) is 0 Å². The van der Waals surface area contributed by atoms with Crippen LogP contribution in [0.2, 0.25) is 0 Å². The summed E-state index contributed by atoms with van der Waals surface area (Å²) >= 11 is 0. The summed E-state index contributed by atoms with van der Waals surface area (Å²) in [7, 11) is 0. The molecular weight excluding hydrogens is 212 g/mol. The molecule has 0 bridgehead atoms. The van der Waals surface area contributed by atoms with Crippen LogP contribution in [0.1, 0.15) is 34.3 Å². The Morgan fingerprint density at radius 3 is 2.82 bits per heavy atom. The van der Waals surface area contributed by atoms with Crippen molar-refractivity contribution in [3.63, 3.8) is 0 Å². The average Bonchev–Trinajstić information content (AvgIpc) is 2.28. The molecule has 1 aromatic rings. The van der Waals surface area contributed by atoms with E-state index in [0.717, 1.165) is 30.5 Å². The number of aryl methyl sites for hydroxylation is 2. The Kier molecular flexibility index (Phi) is 3.48. The number of piperidine rings is 1. The third-order valence-corrected chi connectivity index (χ3v) is 3.36. The van der Waals surface area contributed by atoms with Gasteiger partial charge >= 0.3 is 0 Å². The van der Waals surface area contributed by atoms with Crippen molar-refractivity contribution >= 4 is 5.91 Å². The standard InChI is InChI=1S/C14H20N2O/c1-10-5-6-13(11(2)8-10)14(17)16-7-3-4-12(15)9-16/h5-6,8,12H,3-4,7,9,15H2,1-2H3/t12-/m0/s1. The van der Waals surface area contributed by atoms with Gasteiger partial charge in [0.1, 0.15) is 0 Å². The van der Waals surface area contributed by atoms with E-state index in [4.69, 9.17) is 5.73 Å². The second kappa shape index (κ2) is 4.88. The minimum absolute atomic E-state index is 0.123. The van der Waals surface area contributed by atoms with Crippen LogP contribution in [0.4, 0.5) is 0 Å². The molecule has 0 aliphatic carbocycles. The van der Waals surface area contributed by atoms with Crippen molar-refractivity contribution in [3.8, 4) is 0 Å². The highest BCUT2D eigenvalue weighted by molar-refractivity contribution is 5.95. The Morgan fingerprint density at radius 2 is 2.18 bits per heavy atom. The van der Waals surface area contributed by atoms with Gasteiger partial charge in [0.15, 0.2) is 0 Å². The predicted molar refractivity (Wildman–Crippen MR) is 69.0 cm³/mol. The Bertz CT molecular complexity index is 428. The summed E-state index contributed by atoms with van der Waals surface area (Å²) in [5.41, 5.74) is 8.96. The maximum atomic E-state index is 12.3. The fourth-order valence-electron chi connectivity index (χ4n) is 2.42. The van der Waals surface area contributed by atoms with Crippen molar-refractivity contribution in [2.24, 2.45) is 5.73 Å². The van der Waals surface area contributed by atoms with Gasteiger partial charge in [0, 0.05) is 24.7 Å². The first kappa shape index (κ1) is 12.1. The summed E-state index contributed by atoms with van der Waals surface area (Å²) in [6.07, 6.45) is 2.04. The smallest absolute Gasteiger partial charge is 0.254 e. The zero-order valence-corrected chi connectivity index (χ0v) is 10.6. The fourth-order valence-corrected chi connectivity index (χ4v) is 2.42. The van der Waals surface area contributed by atoms with Crippen LogP contribution in [0.5, 0.6) is 0 Å². The van der Waals surface area contributed by atoms with Gasteiger partial charge in [0.25, 0.3) is 5.91 Å². The van der Waals surface area contributed by atoms with Crippen LogP contribution in [-0.4, -0.2) is 29.9 Å². The molecular formula is C14H20N2O. The lowest BCUT2D eigenvalue weighted by Crippen LogP contribution is -2.45. The zero-order valence-electron chi connectivity index (χ0n) is 10.6. The molecule has 0 saturated carbocycles. The molecule has 3 heteroatoms. The van der Waals surface area contributed by atoms with Gasteiger partial charge in [-0.2, -0.15) is 0 Å². The first-order valence-corrected chi connectivity index (χ1v) is 6.20. The number of benzene rings is 1. The van der Waals surface area contributed by atoms with Gasteiger partial charge in [-0.25, -0.2) is 0 Å². The largest absolute Gasteiger partial charge is 0.337 e. The van der Waals surface area contributed by atoms with Crippen molar-refractivity contribution in [1.82, 2.24) is 4.90 Å². The molecule has 2 rings (SSSR count). The number of hydrogen-bond donors (Lipinski definition) is 1. The number of amides is 1. The van der Waals surface area contributed by atoms with E-state index in [-0.39, 0.29) is 11.9 Å². The highest BCUT2D eigenvalue weighted by Crippen LogP contribution is 2.16. The minimum atomic E-state index is 0.123. The second-order valence-electron chi connectivity index (χ2n) is 4.97. The molecule has 1 fully saturated rings. The van der Waals surface area contributed by atoms with E-state index in [1.165, 1.54) is 5.56 Å². The molecule has 0 radical (unpaired) electrons. The lowest BCUT2D eigenvalue weighted by molar-refractivity contribution is 0.0708. The number of nitrogens with two attached hydrogens (primary N) is 1. The number of likely N-dealkylation sites (tertiary alicyclic amines) is 1. The second-order valence-corrected chi connectivity index (χ2v) is 4.97. The molecule has 1 atom stereocenters. The van der Waals surface area contributed by atoms with E-state index in [2.05, 4.69) is 6.07 Å². The van der Waals surface area contributed by atoms with E-state index < -0.39 is 0 Å². The summed E-state index contributed by atoms with van der Waals surface area (Å²) in [5, 5.41) is 0. The summed E-state index contributed by atoms with van der Waals surface area (Å²) in [4.78, 5) is 14.2. The third kappa shape index (κ3) is 2.67. The normalized spacial score (nSPS) is 20.4. The van der Waals surface area contributed by atoms with Gasteiger partial charge in [-0.05, 0) is 38.3 Å². The molecule has 2 N–H and O–H groups in total. The lowest BCUT2D eigenvalue weighted by atomic mass is 10.0. The number of carbonyl (C=O) groups excluding carboxylic acids is 1.